The molecule has 0 saturated carbocycles. The van der Waals surface area contributed by atoms with Crippen LogP contribution in [0.25, 0.3) is 0 Å². The number of pyridine rings is 1. The Morgan fingerprint density at radius 3 is 2.29 bits per heavy atom. The van der Waals surface area contributed by atoms with Crippen LogP contribution in [0.1, 0.15) is 5.56 Å². The van der Waals surface area contributed by atoms with Gasteiger partial charge >= 0.3 is 13.3 Å². The summed E-state index contributed by atoms with van der Waals surface area (Å²) in [6.45, 7) is 0. The fourth-order valence-electron chi connectivity index (χ4n) is 1.01. The largest absolute Gasteiger partial charge is 0.492 e. The number of rotatable bonds is 1. The van der Waals surface area contributed by atoms with Gasteiger partial charge in [0.25, 0.3) is 0 Å². The van der Waals surface area contributed by atoms with Gasteiger partial charge in [0.15, 0.2) is 0 Å². The monoisotopic (exact) mass is 206 g/mol. The molecule has 14 heavy (non-hydrogen) atoms. The fraction of sp³-hybridized carbons (Fsp3) is 0.167. The summed E-state index contributed by atoms with van der Waals surface area (Å²) in [5.41, 5.74) is 3.07. The van der Waals surface area contributed by atoms with Crippen LogP contribution in [0, 0.1) is 0 Å². The third-order valence-electron chi connectivity index (χ3n) is 1.58. The predicted octanol–water partition coefficient (Wildman–Crippen LogP) is -0.638. The molecular weight excluding hydrogens is 200 g/mol. The summed E-state index contributed by atoms with van der Waals surface area (Å²) in [4.78, 5) is 3.33. The molecule has 1 heterocycles. The topological polar surface area (TPSA) is 79.4 Å². The summed E-state index contributed by atoms with van der Waals surface area (Å²) in [6.07, 6.45) is -3.83. The molecule has 0 fully saturated rings. The molecule has 0 aliphatic carbocycles. The van der Waals surface area contributed by atoms with E-state index in [1.807, 2.05) is 0 Å². The fourth-order valence-corrected chi connectivity index (χ4v) is 1.01. The van der Waals surface area contributed by atoms with Crippen LogP contribution in [0.5, 0.6) is 0 Å². The second kappa shape index (κ2) is 3.47. The van der Waals surface area contributed by atoms with E-state index < -0.39 is 30.1 Å². The molecule has 1 aromatic rings. The van der Waals surface area contributed by atoms with Crippen molar-refractivity contribution in [2.75, 3.05) is 5.73 Å². The number of aromatic nitrogens is 1. The molecule has 4 nitrogen and oxygen atoms in total. The number of alkyl halides is 3. The molecule has 0 aromatic carbocycles. The predicted molar refractivity (Wildman–Crippen MR) is 43.5 cm³/mol. The van der Waals surface area contributed by atoms with E-state index in [9.17, 15) is 13.2 Å². The van der Waals surface area contributed by atoms with E-state index in [-0.39, 0.29) is 0 Å². The lowest BCUT2D eigenvalue weighted by atomic mass is 9.77. The van der Waals surface area contributed by atoms with Gasteiger partial charge in [-0.3, -0.25) is 0 Å². The maximum absolute atomic E-state index is 12.3. The van der Waals surface area contributed by atoms with Crippen molar-refractivity contribution < 1.29 is 23.2 Å². The Balaban J connectivity index is 3.36. The van der Waals surface area contributed by atoms with Gasteiger partial charge in [-0.2, -0.15) is 13.2 Å². The van der Waals surface area contributed by atoms with Gasteiger partial charge < -0.3 is 15.8 Å². The van der Waals surface area contributed by atoms with Crippen molar-refractivity contribution in [1.82, 2.24) is 4.98 Å². The van der Waals surface area contributed by atoms with Crippen molar-refractivity contribution in [2.45, 2.75) is 6.18 Å². The van der Waals surface area contributed by atoms with E-state index in [2.05, 4.69) is 4.98 Å². The molecule has 8 heteroatoms. The maximum Gasteiger partial charge on any atom is 0.492 e. The van der Waals surface area contributed by atoms with Gasteiger partial charge in [0, 0.05) is 11.7 Å². The van der Waals surface area contributed by atoms with Gasteiger partial charge in [-0.05, 0) is 6.07 Å². The molecule has 0 atom stereocenters. The van der Waals surface area contributed by atoms with Crippen LogP contribution in [-0.4, -0.2) is 22.2 Å². The molecule has 0 saturated heterocycles. The Morgan fingerprint density at radius 2 is 1.93 bits per heavy atom. The van der Waals surface area contributed by atoms with Crippen LogP contribution >= 0.6 is 0 Å². The number of hydrogen-bond acceptors (Lipinski definition) is 4. The van der Waals surface area contributed by atoms with E-state index in [0.717, 1.165) is 6.20 Å². The van der Waals surface area contributed by atoms with E-state index in [1.165, 1.54) is 0 Å². The minimum absolute atomic E-state index is 0.546. The van der Waals surface area contributed by atoms with Crippen LogP contribution in [0.4, 0.5) is 19.0 Å². The maximum atomic E-state index is 12.3. The van der Waals surface area contributed by atoms with Gasteiger partial charge in [-0.25, -0.2) is 4.98 Å². The van der Waals surface area contributed by atoms with E-state index in [0.29, 0.717) is 6.07 Å². The molecule has 4 N–H and O–H groups in total. The van der Waals surface area contributed by atoms with E-state index >= 15 is 0 Å². The van der Waals surface area contributed by atoms with Crippen LogP contribution in [0.15, 0.2) is 12.3 Å². The van der Waals surface area contributed by atoms with Gasteiger partial charge in [0.1, 0.15) is 5.82 Å². The van der Waals surface area contributed by atoms with Crippen molar-refractivity contribution in [3.63, 3.8) is 0 Å². The number of halogens is 3. The Kier molecular flexibility index (Phi) is 2.67. The highest BCUT2D eigenvalue weighted by Gasteiger charge is 2.37. The molecule has 0 aliphatic heterocycles. The van der Waals surface area contributed by atoms with Gasteiger partial charge in [0.05, 0.1) is 5.56 Å². The van der Waals surface area contributed by atoms with Crippen LogP contribution in [0.2, 0.25) is 0 Å². The minimum atomic E-state index is -4.68. The molecule has 0 aliphatic rings. The van der Waals surface area contributed by atoms with Crippen molar-refractivity contribution in [3.8, 4) is 0 Å². The molecule has 0 unspecified atom stereocenters. The molecule has 0 bridgehead atoms. The first kappa shape index (κ1) is 10.8. The molecule has 0 radical (unpaired) electrons. The Bertz CT molecular complexity index is 342. The molecule has 1 aromatic heterocycles. The number of nitrogens with two attached hydrogens (primary N) is 1. The average Bonchev–Trinajstić information content (AvgIpc) is 2.01. The quantitative estimate of drug-likeness (QED) is 0.534. The summed E-state index contributed by atoms with van der Waals surface area (Å²) in [6, 6.07) is 0.630. The Morgan fingerprint density at radius 1 is 1.36 bits per heavy atom. The second-order valence-electron chi connectivity index (χ2n) is 2.53. The molecule has 0 spiro atoms. The van der Waals surface area contributed by atoms with E-state index in [4.69, 9.17) is 15.8 Å². The first-order valence-corrected chi connectivity index (χ1v) is 3.51. The zero-order valence-corrected chi connectivity index (χ0v) is 6.78. The van der Waals surface area contributed by atoms with Gasteiger partial charge in [-0.1, -0.05) is 0 Å². The summed E-state index contributed by atoms with van der Waals surface area (Å²) in [5.74, 6) is -0.546. The Labute approximate surface area is 77.3 Å². The third-order valence-corrected chi connectivity index (χ3v) is 1.58. The van der Waals surface area contributed by atoms with Crippen molar-refractivity contribution in [2.24, 2.45) is 0 Å². The second-order valence-corrected chi connectivity index (χ2v) is 2.53. The first-order chi connectivity index (χ1) is 6.34. The van der Waals surface area contributed by atoms with Crippen molar-refractivity contribution >= 4 is 18.4 Å². The highest BCUT2D eigenvalue weighted by Crippen LogP contribution is 2.28. The lowest BCUT2D eigenvalue weighted by Gasteiger charge is -2.12. The lowest BCUT2D eigenvalue weighted by Crippen LogP contribution is -2.38. The number of nitrogens with zero attached hydrogens (tertiary/aromatic N) is 1. The highest BCUT2D eigenvalue weighted by molar-refractivity contribution is 6.61. The highest BCUT2D eigenvalue weighted by atomic mass is 19.4. The normalized spacial score (nSPS) is 11.5. The van der Waals surface area contributed by atoms with Crippen molar-refractivity contribution in [3.05, 3.63) is 17.8 Å². The van der Waals surface area contributed by atoms with E-state index in [1.54, 1.807) is 0 Å². The zero-order chi connectivity index (χ0) is 10.9. The van der Waals surface area contributed by atoms with Crippen molar-refractivity contribution in [1.29, 1.82) is 0 Å². The standard InChI is InChI=1S/C6H6BF3N2O2/c8-6(9,10)3-1-2-12-5(11)4(3)7(13)14/h1-2,13-14H,(H2,11,12). The van der Waals surface area contributed by atoms with Gasteiger partial charge in [0.2, 0.25) is 0 Å². The van der Waals surface area contributed by atoms with Crippen LogP contribution < -0.4 is 11.2 Å². The minimum Gasteiger partial charge on any atom is -0.423 e. The molecule has 0 amide bonds. The zero-order valence-electron chi connectivity index (χ0n) is 6.78. The summed E-state index contributed by atoms with van der Waals surface area (Å²) in [5, 5.41) is 17.4. The third kappa shape index (κ3) is 1.96. The Hall–Kier alpha value is -1.28. The summed E-state index contributed by atoms with van der Waals surface area (Å²) >= 11 is 0. The first-order valence-electron chi connectivity index (χ1n) is 3.51. The molecule has 76 valence electrons. The average molecular weight is 206 g/mol. The summed E-state index contributed by atoms with van der Waals surface area (Å²) in [7, 11) is -2.29. The number of nitrogen functional groups attached to an aromatic ring is 1. The lowest BCUT2D eigenvalue weighted by molar-refractivity contribution is -0.136. The molecular formula is C6H6BF3N2O2. The smallest absolute Gasteiger partial charge is 0.423 e. The van der Waals surface area contributed by atoms with Gasteiger partial charge in [-0.15, -0.1) is 0 Å². The SMILES string of the molecule is Nc1nccc(C(F)(F)F)c1B(O)O. The number of hydrogen-bond donors (Lipinski definition) is 3. The van der Waals surface area contributed by atoms with Crippen LogP contribution in [0.3, 0.4) is 0 Å². The van der Waals surface area contributed by atoms with Crippen LogP contribution in [-0.2, 0) is 6.18 Å². The molecule has 1 rings (SSSR count). The summed E-state index contributed by atoms with van der Waals surface area (Å²) < 4.78 is 36.8. The number of anilines is 1.